The zero-order valence-electron chi connectivity index (χ0n) is 11.9. The Morgan fingerprint density at radius 2 is 2.20 bits per heavy atom. The van der Waals surface area contributed by atoms with Crippen LogP contribution >= 0.6 is 11.3 Å². The van der Waals surface area contributed by atoms with Gasteiger partial charge in [0.25, 0.3) is 0 Å². The van der Waals surface area contributed by atoms with Gasteiger partial charge in [0.05, 0.1) is 17.7 Å². The molecule has 108 valence electrons. The second-order valence-electron chi connectivity index (χ2n) is 5.18. The van der Waals surface area contributed by atoms with Gasteiger partial charge < -0.3 is 14.8 Å². The first-order valence-electron chi connectivity index (χ1n) is 6.20. The van der Waals surface area contributed by atoms with Crippen LogP contribution in [0.15, 0.2) is 14.7 Å². The van der Waals surface area contributed by atoms with Gasteiger partial charge in [-0.15, -0.1) is 0 Å². The van der Waals surface area contributed by atoms with Crippen LogP contribution in [0.3, 0.4) is 0 Å². The average molecular weight is 295 g/mol. The molecule has 6 nitrogen and oxygen atoms in total. The van der Waals surface area contributed by atoms with Gasteiger partial charge in [0, 0.05) is 16.6 Å². The van der Waals surface area contributed by atoms with Crippen molar-refractivity contribution in [2.75, 3.05) is 0 Å². The van der Waals surface area contributed by atoms with Crippen molar-refractivity contribution in [3.05, 3.63) is 37.8 Å². The third-order valence-corrected chi connectivity index (χ3v) is 3.95. The molecule has 0 unspecified atom stereocenters. The summed E-state index contributed by atoms with van der Waals surface area (Å²) in [6, 6.07) is 0. The van der Waals surface area contributed by atoms with E-state index in [1.165, 1.54) is 0 Å². The molecule has 0 saturated carbocycles. The fourth-order valence-electron chi connectivity index (χ4n) is 2.29. The smallest absolute Gasteiger partial charge is 0.304 e. The molecule has 0 aliphatic heterocycles. The van der Waals surface area contributed by atoms with Crippen molar-refractivity contribution in [1.82, 2.24) is 15.5 Å². The lowest BCUT2D eigenvalue weighted by Crippen LogP contribution is -2.40. The monoisotopic (exact) mass is 295 g/mol. The first kappa shape index (κ1) is 14.5. The van der Waals surface area contributed by atoms with Crippen molar-refractivity contribution >= 4 is 17.2 Å². The fraction of sp³-hybridized carbons (Fsp3) is 0.462. The number of aromatic amines is 1. The van der Waals surface area contributed by atoms with Crippen molar-refractivity contribution < 1.29 is 9.32 Å². The lowest BCUT2D eigenvalue weighted by atomic mass is 9.82. The first-order chi connectivity index (χ1) is 9.32. The van der Waals surface area contributed by atoms with Gasteiger partial charge >= 0.3 is 4.87 Å². The Morgan fingerprint density at radius 3 is 2.70 bits per heavy atom. The summed E-state index contributed by atoms with van der Waals surface area (Å²) in [5, 5.41) is 8.41. The number of amides is 1. The standard InChI is InChI=1S/C13H17N3O3S/c1-7-10(8(2)19-16-7)13(3,4)11(17)14-5-9-6-20-12(18)15-9/h6H,5H2,1-4H3,(H,14,17)(H,15,18). The molecule has 1 amide bonds. The van der Waals surface area contributed by atoms with E-state index in [1.54, 1.807) is 12.3 Å². The molecular weight excluding hydrogens is 278 g/mol. The predicted molar refractivity (Wildman–Crippen MR) is 75.8 cm³/mol. The van der Waals surface area contributed by atoms with Gasteiger partial charge in [0.15, 0.2) is 0 Å². The van der Waals surface area contributed by atoms with Crippen molar-refractivity contribution in [3.63, 3.8) is 0 Å². The Kier molecular flexibility index (Phi) is 3.80. The van der Waals surface area contributed by atoms with Crippen LogP contribution in [0.1, 0.15) is 36.6 Å². The summed E-state index contributed by atoms with van der Waals surface area (Å²) in [5.74, 6) is 0.505. The van der Waals surface area contributed by atoms with E-state index in [0.29, 0.717) is 23.7 Å². The number of hydrogen-bond acceptors (Lipinski definition) is 5. The van der Waals surface area contributed by atoms with Crippen LogP contribution in [0.25, 0.3) is 0 Å². The van der Waals surface area contributed by atoms with Crippen molar-refractivity contribution in [2.45, 2.75) is 39.7 Å². The third kappa shape index (κ3) is 2.67. The highest BCUT2D eigenvalue weighted by Gasteiger charge is 2.35. The quantitative estimate of drug-likeness (QED) is 0.897. The van der Waals surface area contributed by atoms with E-state index in [0.717, 1.165) is 16.9 Å². The summed E-state index contributed by atoms with van der Waals surface area (Å²) < 4.78 is 5.12. The summed E-state index contributed by atoms with van der Waals surface area (Å²) in [7, 11) is 0. The number of aromatic nitrogens is 2. The summed E-state index contributed by atoms with van der Waals surface area (Å²) in [6.07, 6.45) is 0. The molecule has 2 aromatic rings. The van der Waals surface area contributed by atoms with E-state index in [9.17, 15) is 9.59 Å². The Labute approximate surface area is 120 Å². The van der Waals surface area contributed by atoms with Crippen LogP contribution in [0.2, 0.25) is 0 Å². The summed E-state index contributed by atoms with van der Waals surface area (Å²) in [5.41, 5.74) is 1.47. The number of H-pyrrole nitrogens is 1. The zero-order chi connectivity index (χ0) is 14.9. The van der Waals surface area contributed by atoms with Crippen molar-refractivity contribution in [3.8, 4) is 0 Å². The van der Waals surface area contributed by atoms with Gasteiger partial charge in [-0.3, -0.25) is 9.59 Å². The molecule has 20 heavy (non-hydrogen) atoms. The zero-order valence-corrected chi connectivity index (χ0v) is 12.7. The Morgan fingerprint density at radius 1 is 1.50 bits per heavy atom. The summed E-state index contributed by atoms with van der Waals surface area (Å²) >= 11 is 1.08. The van der Waals surface area contributed by atoms with Crippen LogP contribution in [0.4, 0.5) is 0 Å². The maximum atomic E-state index is 12.4. The largest absolute Gasteiger partial charge is 0.361 e. The SMILES string of the molecule is Cc1noc(C)c1C(C)(C)C(=O)NCc1csc(=O)[nH]1. The number of rotatable bonds is 4. The molecule has 0 spiro atoms. The molecule has 2 N–H and O–H groups in total. The second-order valence-corrected chi connectivity index (χ2v) is 6.02. The van der Waals surface area contributed by atoms with E-state index >= 15 is 0 Å². The fourth-order valence-corrected chi connectivity index (χ4v) is 2.87. The molecule has 0 atom stereocenters. The van der Waals surface area contributed by atoms with Crippen LogP contribution in [0.5, 0.6) is 0 Å². The molecule has 2 aromatic heterocycles. The molecule has 7 heteroatoms. The number of carbonyl (C=O) groups is 1. The topological polar surface area (TPSA) is 88.0 Å². The highest BCUT2D eigenvalue weighted by atomic mass is 32.1. The second kappa shape index (κ2) is 5.24. The molecule has 2 heterocycles. The number of aryl methyl sites for hydroxylation is 2. The number of nitrogens with one attached hydrogen (secondary N) is 2. The highest BCUT2D eigenvalue weighted by Crippen LogP contribution is 2.29. The molecule has 0 fully saturated rings. The molecule has 0 radical (unpaired) electrons. The number of carbonyl (C=O) groups excluding carboxylic acids is 1. The summed E-state index contributed by atoms with van der Waals surface area (Å²) in [4.78, 5) is 25.9. The average Bonchev–Trinajstić information content (AvgIpc) is 2.93. The molecular formula is C13H17N3O3S. The molecule has 2 rings (SSSR count). The van der Waals surface area contributed by atoms with Crippen LogP contribution in [-0.2, 0) is 16.8 Å². The Hall–Kier alpha value is -1.89. The lowest BCUT2D eigenvalue weighted by molar-refractivity contribution is -0.125. The number of thiazole rings is 1. The van der Waals surface area contributed by atoms with E-state index in [1.807, 2.05) is 20.8 Å². The molecule has 0 aliphatic rings. The van der Waals surface area contributed by atoms with Gasteiger partial charge in [-0.05, 0) is 27.7 Å². The first-order valence-corrected chi connectivity index (χ1v) is 7.08. The van der Waals surface area contributed by atoms with Gasteiger partial charge in [0.1, 0.15) is 5.76 Å². The Balaban J connectivity index is 2.13. The van der Waals surface area contributed by atoms with Crippen molar-refractivity contribution in [1.29, 1.82) is 0 Å². The predicted octanol–water partition coefficient (Wildman–Crippen LogP) is 1.64. The highest BCUT2D eigenvalue weighted by molar-refractivity contribution is 7.07. The van der Waals surface area contributed by atoms with Crippen molar-refractivity contribution in [2.24, 2.45) is 0 Å². The van der Waals surface area contributed by atoms with E-state index < -0.39 is 5.41 Å². The molecule has 0 bridgehead atoms. The van der Waals surface area contributed by atoms with Gasteiger partial charge in [-0.25, -0.2) is 0 Å². The Bertz CT molecular complexity index is 662. The van der Waals surface area contributed by atoms with Gasteiger partial charge in [-0.1, -0.05) is 16.5 Å². The lowest BCUT2D eigenvalue weighted by Gasteiger charge is -2.23. The van der Waals surface area contributed by atoms with Crippen LogP contribution in [-0.4, -0.2) is 16.0 Å². The number of nitrogens with zero attached hydrogens (tertiary/aromatic N) is 1. The van der Waals surface area contributed by atoms with E-state index in [2.05, 4.69) is 15.5 Å². The van der Waals surface area contributed by atoms with E-state index in [4.69, 9.17) is 4.52 Å². The normalized spacial score (nSPS) is 11.6. The van der Waals surface area contributed by atoms with Crippen LogP contribution < -0.4 is 10.2 Å². The molecule has 0 saturated heterocycles. The minimum absolute atomic E-state index is 0.126. The van der Waals surface area contributed by atoms with Gasteiger partial charge in [-0.2, -0.15) is 0 Å². The maximum absolute atomic E-state index is 12.4. The number of hydrogen-bond donors (Lipinski definition) is 2. The third-order valence-electron chi connectivity index (χ3n) is 3.24. The molecule has 0 aromatic carbocycles. The maximum Gasteiger partial charge on any atom is 0.304 e. The van der Waals surface area contributed by atoms with Crippen LogP contribution in [0, 0.1) is 13.8 Å². The minimum Gasteiger partial charge on any atom is -0.361 e. The van der Waals surface area contributed by atoms with E-state index in [-0.39, 0.29) is 10.8 Å². The summed E-state index contributed by atoms with van der Waals surface area (Å²) in [6.45, 7) is 7.55. The minimum atomic E-state index is -0.746. The molecule has 0 aliphatic carbocycles. The van der Waals surface area contributed by atoms with Gasteiger partial charge in [0.2, 0.25) is 5.91 Å².